The Morgan fingerprint density at radius 2 is 1.90 bits per heavy atom. The van der Waals surface area contributed by atoms with E-state index < -0.39 is 5.60 Å². The van der Waals surface area contributed by atoms with Crippen LogP contribution in [0, 0.1) is 0 Å². The van der Waals surface area contributed by atoms with Crippen LogP contribution in [0.2, 0.25) is 0 Å². The van der Waals surface area contributed by atoms with Crippen molar-refractivity contribution in [2.75, 3.05) is 20.2 Å². The molecule has 0 amide bonds. The lowest BCUT2D eigenvalue weighted by atomic mass is 9.97. The minimum Gasteiger partial charge on any atom is -0.497 e. The number of nitrogens with zero attached hydrogens (tertiary/aromatic N) is 1. The highest BCUT2D eigenvalue weighted by molar-refractivity contribution is 5.30. The topological polar surface area (TPSA) is 58.7 Å². The van der Waals surface area contributed by atoms with Crippen LogP contribution in [-0.2, 0) is 0 Å². The van der Waals surface area contributed by atoms with Crippen molar-refractivity contribution in [1.29, 1.82) is 0 Å². The minimum atomic E-state index is -0.545. The Morgan fingerprint density at radius 1 is 1.24 bits per heavy atom. The summed E-state index contributed by atoms with van der Waals surface area (Å²) in [5.41, 5.74) is 6.92. The van der Waals surface area contributed by atoms with Gasteiger partial charge in [0.25, 0.3) is 0 Å². The molecule has 1 aliphatic heterocycles. The maximum absolute atomic E-state index is 10.3. The molecule has 1 aromatic rings. The quantitative estimate of drug-likeness (QED) is 0.894. The minimum absolute atomic E-state index is 0.0430. The first-order valence-electron chi connectivity index (χ1n) is 7.79. The number of likely N-dealkylation sites (tertiary alicyclic amines) is 1. The molecular formula is C17H28N2O2. The molecule has 0 aromatic heterocycles. The van der Waals surface area contributed by atoms with Crippen molar-refractivity contribution < 1.29 is 9.84 Å². The van der Waals surface area contributed by atoms with E-state index in [1.54, 1.807) is 7.11 Å². The van der Waals surface area contributed by atoms with Crippen molar-refractivity contribution >= 4 is 0 Å². The smallest absolute Gasteiger partial charge is 0.118 e. The van der Waals surface area contributed by atoms with Crippen molar-refractivity contribution in [2.24, 2.45) is 5.73 Å². The highest BCUT2D eigenvalue weighted by Crippen LogP contribution is 2.30. The number of hydrogen-bond donors (Lipinski definition) is 2. The van der Waals surface area contributed by atoms with E-state index in [1.165, 1.54) is 5.56 Å². The first-order chi connectivity index (χ1) is 9.93. The molecule has 1 saturated heterocycles. The van der Waals surface area contributed by atoms with Gasteiger partial charge in [-0.1, -0.05) is 12.1 Å². The molecule has 4 heteroatoms. The van der Waals surface area contributed by atoms with Crippen molar-refractivity contribution in [3.63, 3.8) is 0 Å². The highest BCUT2D eigenvalue weighted by atomic mass is 16.5. The number of rotatable bonds is 4. The number of nitrogens with two attached hydrogens (primary N) is 1. The third-order valence-electron chi connectivity index (χ3n) is 4.45. The molecule has 4 nitrogen and oxygen atoms in total. The zero-order valence-corrected chi connectivity index (χ0v) is 13.4. The molecule has 1 aromatic carbocycles. The molecule has 3 N–H and O–H groups in total. The van der Waals surface area contributed by atoms with Gasteiger partial charge in [-0.15, -0.1) is 0 Å². The molecule has 0 radical (unpaired) electrons. The maximum Gasteiger partial charge on any atom is 0.118 e. The summed E-state index contributed by atoms with van der Waals surface area (Å²) in [5, 5.41) is 10.3. The Bertz CT molecular complexity index is 443. The molecule has 0 saturated carbocycles. The van der Waals surface area contributed by atoms with Gasteiger partial charge in [0.15, 0.2) is 0 Å². The average molecular weight is 292 g/mol. The van der Waals surface area contributed by atoms with E-state index >= 15 is 0 Å². The number of hydrogen-bond acceptors (Lipinski definition) is 4. The van der Waals surface area contributed by atoms with Gasteiger partial charge in [-0.2, -0.15) is 0 Å². The zero-order valence-electron chi connectivity index (χ0n) is 13.4. The molecule has 1 aliphatic rings. The van der Waals surface area contributed by atoms with E-state index in [9.17, 15) is 5.11 Å². The Balaban J connectivity index is 2.17. The van der Waals surface area contributed by atoms with E-state index in [0.29, 0.717) is 0 Å². The highest BCUT2D eigenvalue weighted by Gasteiger charge is 2.30. The lowest BCUT2D eigenvalue weighted by molar-refractivity contribution is 0.0424. The van der Waals surface area contributed by atoms with Crippen LogP contribution in [0.3, 0.4) is 0 Å². The second-order valence-electron chi connectivity index (χ2n) is 6.46. The van der Waals surface area contributed by atoms with Gasteiger partial charge in [-0.05, 0) is 57.4 Å². The summed E-state index contributed by atoms with van der Waals surface area (Å²) < 4.78 is 5.22. The second-order valence-corrected chi connectivity index (χ2v) is 6.46. The molecule has 0 spiro atoms. The number of benzene rings is 1. The van der Waals surface area contributed by atoms with Gasteiger partial charge in [0.05, 0.1) is 12.7 Å². The van der Waals surface area contributed by atoms with Crippen LogP contribution in [0.25, 0.3) is 0 Å². The van der Waals surface area contributed by atoms with Crippen molar-refractivity contribution in [3.05, 3.63) is 29.8 Å². The molecular weight excluding hydrogens is 264 g/mol. The monoisotopic (exact) mass is 292 g/mol. The normalized spacial score (nSPS) is 26.9. The Kier molecular flexibility index (Phi) is 5.25. The summed E-state index contributed by atoms with van der Waals surface area (Å²) >= 11 is 0. The third kappa shape index (κ3) is 4.19. The first kappa shape index (κ1) is 16.3. The van der Waals surface area contributed by atoms with Gasteiger partial charge in [0.2, 0.25) is 0 Å². The molecule has 3 atom stereocenters. The summed E-state index contributed by atoms with van der Waals surface area (Å²) in [6.45, 7) is 5.85. The first-order valence-corrected chi connectivity index (χ1v) is 7.79. The van der Waals surface area contributed by atoms with Crippen molar-refractivity contribution in [3.8, 4) is 5.75 Å². The molecule has 118 valence electrons. The third-order valence-corrected chi connectivity index (χ3v) is 4.45. The van der Waals surface area contributed by atoms with Crippen LogP contribution in [0.1, 0.15) is 44.7 Å². The van der Waals surface area contributed by atoms with Crippen LogP contribution in [-0.4, -0.2) is 41.8 Å². The average Bonchev–Trinajstić information content (AvgIpc) is 2.61. The SMILES string of the molecule is COc1ccc(C(C(C)N)N2CCCC(C)(O)CC2)cc1. The number of methoxy groups -OCH3 is 1. The van der Waals surface area contributed by atoms with Crippen LogP contribution in [0.4, 0.5) is 0 Å². The molecule has 1 heterocycles. The van der Waals surface area contributed by atoms with E-state index in [-0.39, 0.29) is 12.1 Å². The lowest BCUT2D eigenvalue weighted by Gasteiger charge is -2.34. The fourth-order valence-electron chi connectivity index (χ4n) is 3.21. The standard InChI is InChI=1S/C17H28N2O2/c1-13(18)16(14-5-7-15(21-3)8-6-14)19-11-4-9-17(2,20)10-12-19/h5-8,13,16,20H,4,9-12,18H2,1-3H3. The maximum atomic E-state index is 10.3. The molecule has 0 aliphatic carbocycles. The number of aliphatic hydroxyl groups is 1. The van der Waals surface area contributed by atoms with E-state index in [0.717, 1.165) is 38.1 Å². The molecule has 21 heavy (non-hydrogen) atoms. The zero-order chi connectivity index (χ0) is 15.5. The molecule has 0 bridgehead atoms. The van der Waals surface area contributed by atoms with Crippen LogP contribution in [0.15, 0.2) is 24.3 Å². The summed E-state index contributed by atoms with van der Waals surface area (Å²) in [4.78, 5) is 2.41. The summed E-state index contributed by atoms with van der Waals surface area (Å²) in [5.74, 6) is 0.862. The largest absolute Gasteiger partial charge is 0.497 e. The number of ether oxygens (including phenoxy) is 1. The van der Waals surface area contributed by atoms with Gasteiger partial charge >= 0.3 is 0 Å². The van der Waals surface area contributed by atoms with Gasteiger partial charge in [-0.25, -0.2) is 0 Å². The van der Waals surface area contributed by atoms with Crippen molar-refractivity contribution in [1.82, 2.24) is 4.90 Å². The summed E-state index contributed by atoms with van der Waals surface area (Å²) in [7, 11) is 1.68. The Labute approximate surface area is 127 Å². The van der Waals surface area contributed by atoms with Gasteiger partial charge in [-0.3, -0.25) is 4.90 Å². The fraction of sp³-hybridized carbons (Fsp3) is 0.647. The molecule has 3 unspecified atom stereocenters. The van der Waals surface area contributed by atoms with Crippen molar-refractivity contribution in [2.45, 2.75) is 50.8 Å². The van der Waals surface area contributed by atoms with Gasteiger partial charge < -0.3 is 15.6 Å². The van der Waals surface area contributed by atoms with Crippen LogP contribution >= 0.6 is 0 Å². The lowest BCUT2D eigenvalue weighted by Crippen LogP contribution is -2.40. The van der Waals surface area contributed by atoms with E-state index in [1.807, 2.05) is 19.1 Å². The predicted molar refractivity (Wildman–Crippen MR) is 85.4 cm³/mol. The predicted octanol–water partition coefficient (Wildman–Crippen LogP) is 2.32. The van der Waals surface area contributed by atoms with Crippen LogP contribution < -0.4 is 10.5 Å². The second kappa shape index (κ2) is 6.77. The molecule has 1 fully saturated rings. The van der Waals surface area contributed by atoms with E-state index in [2.05, 4.69) is 24.0 Å². The van der Waals surface area contributed by atoms with E-state index in [4.69, 9.17) is 10.5 Å². The van der Waals surface area contributed by atoms with Crippen LogP contribution in [0.5, 0.6) is 5.75 Å². The fourth-order valence-corrected chi connectivity index (χ4v) is 3.21. The molecule has 2 rings (SSSR count). The summed E-state index contributed by atoms with van der Waals surface area (Å²) in [6, 6.07) is 8.38. The van der Waals surface area contributed by atoms with Gasteiger partial charge in [0, 0.05) is 18.6 Å². The Hall–Kier alpha value is -1.10. The van der Waals surface area contributed by atoms with Gasteiger partial charge in [0.1, 0.15) is 5.75 Å². The Morgan fingerprint density at radius 3 is 2.48 bits per heavy atom. The summed E-state index contributed by atoms with van der Waals surface area (Å²) in [6.07, 6.45) is 2.66.